The number of nitriles is 1. The fourth-order valence-electron chi connectivity index (χ4n) is 6.62. The Morgan fingerprint density at radius 3 is 2.63 bits per heavy atom. The van der Waals surface area contributed by atoms with Crippen molar-refractivity contribution in [2.45, 2.75) is 26.4 Å². The summed E-state index contributed by atoms with van der Waals surface area (Å²) in [6.45, 7) is 7.76. The average Bonchev–Trinajstić information content (AvgIpc) is 3.68. The molecule has 0 radical (unpaired) electrons. The highest BCUT2D eigenvalue weighted by atomic mass is 32.1. The number of hydrogen-bond acceptors (Lipinski definition) is 9. The van der Waals surface area contributed by atoms with Crippen molar-refractivity contribution in [3.63, 3.8) is 0 Å². The maximum Gasteiger partial charge on any atom is 0.230 e. The molecule has 12 heteroatoms. The largest absolute Gasteiger partial charge is 0.390 e. The number of ether oxygens (including phenoxy) is 1. The minimum Gasteiger partial charge on any atom is -0.390 e. The number of likely N-dealkylation sites (tertiary alicyclic amines) is 1. The van der Waals surface area contributed by atoms with Crippen LogP contribution in [0.15, 0.2) is 36.4 Å². The van der Waals surface area contributed by atoms with Crippen molar-refractivity contribution < 1.29 is 19.0 Å². The quantitative estimate of drug-likeness (QED) is 0.356. The third-order valence-corrected chi connectivity index (χ3v) is 9.92. The maximum atomic E-state index is 13.5. The van der Waals surface area contributed by atoms with E-state index in [1.807, 2.05) is 28.3 Å². The van der Waals surface area contributed by atoms with E-state index in [1.165, 1.54) is 23.5 Å². The van der Waals surface area contributed by atoms with Crippen LogP contribution < -0.4 is 9.80 Å². The van der Waals surface area contributed by atoms with E-state index in [2.05, 4.69) is 30.0 Å². The molecule has 6 heterocycles. The smallest absolute Gasteiger partial charge is 0.230 e. The molecule has 3 fully saturated rings. The van der Waals surface area contributed by atoms with Gasteiger partial charge in [-0.15, -0.1) is 0 Å². The third-order valence-electron chi connectivity index (χ3n) is 8.88. The van der Waals surface area contributed by atoms with Crippen molar-refractivity contribution in [1.29, 1.82) is 5.26 Å². The van der Waals surface area contributed by atoms with Crippen LogP contribution in [0, 0.1) is 35.4 Å². The van der Waals surface area contributed by atoms with Gasteiger partial charge in [0, 0.05) is 55.6 Å². The van der Waals surface area contributed by atoms with Crippen LogP contribution >= 0.6 is 11.3 Å². The van der Waals surface area contributed by atoms with Crippen molar-refractivity contribution in [1.82, 2.24) is 19.5 Å². The zero-order valence-electron chi connectivity index (χ0n) is 24.2. The minimum atomic E-state index is -0.710. The Kier molecular flexibility index (Phi) is 6.65. The summed E-state index contributed by atoms with van der Waals surface area (Å²) in [7, 11) is 1.94. The molecule has 2 atom stereocenters. The van der Waals surface area contributed by atoms with Crippen LogP contribution in [0.1, 0.15) is 23.2 Å². The molecule has 1 amide bonds. The number of nitrogens with zero attached hydrogens (tertiary/aromatic N) is 7. The molecular weight excluding hydrogens is 569 g/mol. The number of carbonyl (C=O) groups is 1. The van der Waals surface area contributed by atoms with E-state index < -0.39 is 12.0 Å². The van der Waals surface area contributed by atoms with Crippen molar-refractivity contribution >= 4 is 39.3 Å². The molecule has 1 N–H and O–H groups in total. The third kappa shape index (κ3) is 4.54. The topological polar surface area (TPSA) is 110 Å². The fraction of sp³-hybridized carbons (Fsp3) is 0.419. The summed E-state index contributed by atoms with van der Waals surface area (Å²) in [5, 5.41) is 25.5. The van der Waals surface area contributed by atoms with E-state index in [0.29, 0.717) is 41.0 Å². The number of thiazole rings is 1. The molecule has 0 bridgehead atoms. The van der Waals surface area contributed by atoms with Gasteiger partial charge in [0.25, 0.3) is 0 Å². The molecule has 222 valence electrons. The number of pyridine rings is 1. The van der Waals surface area contributed by atoms with Crippen LogP contribution in [0.5, 0.6) is 0 Å². The number of carbonyl (C=O) groups excluding carboxylic acids is 1. The monoisotopic (exact) mass is 601 g/mol. The predicted octanol–water partition coefficient (Wildman–Crippen LogP) is 3.76. The van der Waals surface area contributed by atoms with Gasteiger partial charge in [-0.25, -0.2) is 13.9 Å². The molecule has 10 nitrogen and oxygen atoms in total. The molecule has 3 aliphatic heterocycles. The number of rotatable bonds is 6. The Balaban J connectivity index is 1.14. The number of aliphatic hydroxyl groups excluding tert-OH is 1. The molecule has 7 rings (SSSR count). The fourth-order valence-corrected chi connectivity index (χ4v) is 7.47. The second kappa shape index (κ2) is 10.3. The van der Waals surface area contributed by atoms with Crippen LogP contribution in [0.2, 0.25) is 0 Å². The molecule has 3 saturated heterocycles. The molecule has 4 aromatic rings. The van der Waals surface area contributed by atoms with Gasteiger partial charge in [0.05, 0.1) is 42.1 Å². The lowest BCUT2D eigenvalue weighted by molar-refractivity contribution is -0.152. The second-order valence-corrected chi connectivity index (χ2v) is 12.9. The van der Waals surface area contributed by atoms with E-state index >= 15 is 0 Å². The molecule has 1 aromatic carbocycles. The average molecular weight is 602 g/mol. The highest BCUT2D eigenvalue weighted by Crippen LogP contribution is 2.44. The molecule has 3 aliphatic rings. The molecule has 3 aromatic heterocycles. The van der Waals surface area contributed by atoms with Crippen molar-refractivity contribution in [2.75, 3.05) is 56.2 Å². The Hall–Kier alpha value is -4.05. The van der Waals surface area contributed by atoms with Crippen LogP contribution in [-0.2, 0) is 16.0 Å². The number of benzene rings is 1. The SMILES string of the molecule is CCc1nn2c(C)cc(N3CC4(CN(C(=O)C5COCC5O)C4)C3)cc2c1N(C)c1nc(-c2ccc(F)cc2)c(C#N)s1. The van der Waals surface area contributed by atoms with Crippen LogP contribution in [-0.4, -0.2) is 83.1 Å². The lowest BCUT2D eigenvalue weighted by atomic mass is 9.72. The summed E-state index contributed by atoms with van der Waals surface area (Å²) in [5.74, 6) is -0.789. The number of aliphatic hydroxyl groups is 1. The lowest BCUT2D eigenvalue weighted by Crippen LogP contribution is -2.73. The molecule has 43 heavy (non-hydrogen) atoms. The zero-order chi connectivity index (χ0) is 30.0. The predicted molar refractivity (Wildman–Crippen MR) is 161 cm³/mol. The van der Waals surface area contributed by atoms with Crippen molar-refractivity contribution in [3.05, 3.63) is 58.5 Å². The van der Waals surface area contributed by atoms with Gasteiger partial charge < -0.3 is 24.5 Å². The normalized spacial score (nSPS) is 20.7. The Morgan fingerprint density at radius 2 is 1.98 bits per heavy atom. The summed E-state index contributed by atoms with van der Waals surface area (Å²) in [4.78, 5) is 24.3. The van der Waals surface area contributed by atoms with Gasteiger partial charge in [-0.3, -0.25) is 4.79 Å². The van der Waals surface area contributed by atoms with Gasteiger partial charge in [-0.1, -0.05) is 18.3 Å². The maximum absolute atomic E-state index is 13.5. The lowest BCUT2D eigenvalue weighted by Gasteiger charge is -2.61. The van der Waals surface area contributed by atoms with E-state index in [1.54, 1.807) is 12.1 Å². The number of hydrogen-bond donors (Lipinski definition) is 1. The number of aryl methyl sites for hydroxylation is 2. The van der Waals surface area contributed by atoms with Crippen molar-refractivity contribution in [3.8, 4) is 17.3 Å². The van der Waals surface area contributed by atoms with E-state index in [-0.39, 0.29) is 23.7 Å². The number of amides is 1. The van der Waals surface area contributed by atoms with Gasteiger partial charge in [-0.05, 0) is 49.7 Å². The summed E-state index contributed by atoms with van der Waals surface area (Å²) >= 11 is 1.30. The first kappa shape index (κ1) is 27.8. The molecular formula is C31H32FN7O3S. The molecule has 0 aliphatic carbocycles. The van der Waals surface area contributed by atoms with Gasteiger partial charge in [0.15, 0.2) is 5.13 Å². The first-order valence-corrected chi connectivity index (χ1v) is 15.2. The highest BCUT2D eigenvalue weighted by molar-refractivity contribution is 7.16. The Morgan fingerprint density at radius 1 is 1.23 bits per heavy atom. The van der Waals surface area contributed by atoms with Gasteiger partial charge in [-0.2, -0.15) is 10.4 Å². The summed E-state index contributed by atoms with van der Waals surface area (Å²) in [5.41, 5.74) is 6.23. The van der Waals surface area contributed by atoms with Crippen molar-refractivity contribution in [2.24, 2.45) is 11.3 Å². The standard InChI is InChI=1S/C31H32FN7O3S/c1-4-23-28(36(3)30-34-27(26(11-33)43-30)19-5-7-20(32)8-6-19)24-10-21(9-18(2)39(24)35-23)37-14-31(15-37)16-38(17-31)29(41)22-12-42-13-25(22)40/h5-10,22,25,40H,4,12-17H2,1-3H3. The molecule has 2 unspecified atom stereocenters. The van der Waals surface area contributed by atoms with Crippen LogP contribution in [0.3, 0.4) is 0 Å². The first-order valence-electron chi connectivity index (χ1n) is 14.4. The second-order valence-electron chi connectivity index (χ2n) is 11.9. The van der Waals surface area contributed by atoms with E-state index in [4.69, 9.17) is 14.8 Å². The van der Waals surface area contributed by atoms with E-state index in [0.717, 1.165) is 47.8 Å². The van der Waals surface area contributed by atoms with E-state index in [9.17, 15) is 19.6 Å². The summed E-state index contributed by atoms with van der Waals surface area (Å²) < 4.78 is 20.8. The number of aromatic nitrogens is 3. The summed E-state index contributed by atoms with van der Waals surface area (Å²) in [6, 6.07) is 12.6. The van der Waals surface area contributed by atoms with Crippen LogP contribution in [0.25, 0.3) is 16.8 Å². The van der Waals surface area contributed by atoms with Gasteiger partial charge >= 0.3 is 0 Å². The summed E-state index contributed by atoms with van der Waals surface area (Å²) in [6.07, 6.45) is 0.00693. The minimum absolute atomic E-state index is 0.00491. The molecule has 1 spiro atoms. The Bertz CT molecular complexity index is 1760. The number of anilines is 3. The van der Waals surface area contributed by atoms with Gasteiger partial charge in [0.1, 0.15) is 22.5 Å². The van der Waals surface area contributed by atoms with Crippen LogP contribution in [0.4, 0.5) is 20.9 Å². The zero-order valence-corrected chi connectivity index (χ0v) is 25.1. The molecule has 0 saturated carbocycles. The Labute approximate surface area is 252 Å². The number of fused-ring (bicyclic) bond motifs is 1. The first-order chi connectivity index (χ1) is 20.7. The number of halogens is 1. The highest BCUT2D eigenvalue weighted by Gasteiger charge is 2.54. The van der Waals surface area contributed by atoms with Gasteiger partial charge in [0.2, 0.25) is 5.91 Å².